The Kier molecular flexibility index (Phi) is 5.89. The largest absolute Gasteiger partial charge is 0.467 e. The van der Waals surface area contributed by atoms with E-state index in [4.69, 9.17) is 4.74 Å². The highest BCUT2D eigenvalue weighted by Gasteiger charge is 2.27. The summed E-state index contributed by atoms with van der Waals surface area (Å²) in [6.45, 7) is 2.43. The summed E-state index contributed by atoms with van der Waals surface area (Å²) in [5, 5.41) is 0. The molecule has 11 heteroatoms. The maximum Gasteiger partial charge on any atom is 0.338 e. The zero-order chi connectivity index (χ0) is 17.7. The Labute approximate surface area is 141 Å². The topological polar surface area (TPSA) is 118 Å². The molecule has 1 aromatic heterocycles. The number of anilines is 1. The van der Waals surface area contributed by atoms with Gasteiger partial charge in [-0.1, -0.05) is 12.8 Å². The van der Waals surface area contributed by atoms with Crippen molar-refractivity contribution in [2.24, 2.45) is 0 Å². The number of urea groups is 1. The number of hydrogen-bond donors (Lipinski definition) is 1. The Bertz CT molecular complexity index is 688. The molecular weight excluding hydrogens is 336 g/mol. The van der Waals surface area contributed by atoms with Gasteiger partial charge in [0, 0.05) is 20.1 Å². The van der Waals surface area contributed by atoms with E-state index in [2.05, 4.69) is 19.7 Å². The Morgan fingerprint density at radius 2 is 1.79 bits per heavy atom. The lowest BCUT2D eigenvalue weighted by Crippen LogP contribution is -2.48. The molecule has 0 aromatic carbocycles. The summed E-state index contributed by atoms with van der Waals surface area (Å²) < 4.78 is 33.0. The molecule has 0 spiro atoms. The van der Waals surface area contributed by atoms with Crippen molar-refractivity contribution < 1.29 is 17.9 Å². The fraction of sp³-hybridized carbons (Fsp3) is 0.692. The van der Waals surface area contributed by atoms with Crippen molar-refractivity contribution in [1.29, 1.82) is 0 Å². The highest BCUT2D eigenvalue weighted by atomic mass is 32.2. The molecule has 134 valence electrons. The quantitative estimate of drug-likeness (QED) is 0.830. The summed E-state index contributed by atoms with van der Waals surface area (Å²) >= 11 is 0. The van der Waals surface area contributed by atoms with Gasteiger partial charge in [-0.15, -0.1) is 0 Å². The molecule has 2 heterocycles. The van der Waals surface area contributed by atoms with Crippen LogP contribution in [0.2, 0.25) is 0 Å². The summed E-state index contributed by atoms with van der Waals surface area (Å²) in [5.41, 5.74) is 0. The summed E-state index contributed by atoms with van der Waals surface area (Å²) in [7, 11) is -1.13. The molecular formula is C13H22N6O4S. The number of carbonyl (C=O) groups excluding carboxylic acids is 1. The van der Waals surface area contributed by atoms with Gasteiger partial charge in [0.25, 0.3) is 0 Å². The summed E-state index contributed by atoms with van der Waals surface area (Å²) in [6.07, 6.45) is 3.55. The lowest BCUT2D eigenvalue weighted by Gasteiger charge is -2.22. The Morgan fingerprint density at radius 1 is 1.17 bits per heavy atom. The lowest BCUT2D eigenvalue weighted by atomic mass is 10.2. The SMILES string of the molecule is COc1nc(C)nc(N(C)C(=O)NS(=O)(=O)N2CCCCCC2)n1. The van der Waals surface area contributed by atoms with Crippen molar-refractivity contribution in [3.63, 3.8) is 0 Å². The molecule has 1 saturated heterocycles. The number of carbonyl (C=O) groups is 1. The number of amides is 2. The van der Waals surface area contributed by atoms with Crippen LogP contribution in [-0.2, 0) is 10.2 Å². The predicted molar refractivity (Wildman–Crippen MR) is 87.0 cm³/mol. The molecule has 0 unspecified atom stereocenters. The zero-order valence-corrected chi connectivity index (χ0v) is 14.8. The fourth-order valence-corrected chi connectivity index (χ4v) is 3.53. The van der Waals surface area contributed by atoms with E-state index in [1.54, 1.807) is 6.92 Å². The summed E-state index contributed by atoms with van der Waals surface area (Å²) in [5.74, 6) is 0.356. The van der Waals surface area contributed by atoms with Crippen LogP contribution in [0.5, 0.6) is 6.01 Å². The van der Waals surface area contributed by atoms with Gasteiger partial charge in [0.1, 0.15) is 5.82 Å². The maximum atomic E-state index is 12.4. The number of ether oxygens (including phenoxy) is 1. The van der Waals surface area contributed by atoms with Gasteiger partial charge in [0.2, 0.25) is 5.95 Å². The molecule has 10 nitrogen and oxygen atoms in total. The van der Waals surface area contributed by atoms with Gasteiger partial charge >= 0.3 is 22.3 Å². The van der Waals surface area contributed by atoms with Gasteiger partial charge in [-0.3, -0.25) is 4.90 Å². The second kappa shape index (κ2) is 7.71. The van der Waals surface area contributed by atoms with E-state index in [0.717, 1.165) is 30.6 Å². The van der Waals surface area contributed by atoms with Gasteiger partial charge in [-0.05, 0) is 19.8 Å². The smallest absolute Gasteiger partial charge is 0.338 e. The predicted octanol–water partition coefficient (Wildman–Crippen LogP) is 0.455. The van der Waals surface area contributed by atoms with Crippen LogP contribution < -0.4 is 14.4 Å². The molecule has 0 atom stereocenters. The van der Waals surface area contributed by atoms with Crippen LogP contribution in [0.25, 0.3) is 0 Å². The third-order valence-electron chi connectivity index (χ3n) is 3.62. The van der Waals surface area contributed by atoms with Crippen LogP contribution >= 0.6 is 0 Å². The molecule has 24 heavy (non-hydrogen) atoms. The molecule has 1 aromatic rings. The number of hydrogen-bond acceptors (Lipinski definition) is 7. The monoisotopic (exact) mass is 358 g/mol. The van der Waals surface area contributed by atoms with Crippen molar-refractivity contribution in [3.8, 4) is 6.01 Å². The first-order valence-electron chi connectivity index (χ1n) is 7.66. The van der Waals surface area contributed by atoms with E-state index >= 15 is 0 Å². The molecule has 0 bridgehead atoms. The first-order valence-corrected chi connectivity index (χ1v) is 9.10. The first kappa shape index (κ1) is 18.3. The molecule has 0 aliphatic carbocycles. The molecule has 1 N–H and O–H groups in total. The highest BCUT2D eigenvalue weighted by molar-refractivity contribution is 7.87. The molecule has 0 saturated carbocycles. The first-order chi connectivity index (χ1) is 11.3. The van der Waals surface area contributed by atoms with Crippen molar-refractivity contribution in [2.75, 3.05) is 32.1 Å². The minimum Gasteiger partial charge on any atom is -0.467 e. The Hall–Kier alpha value is -2.01. The Morgan fingerprint density at radius 3 is 2.38 bits per heavy atom. The maximum absolute atomic E-state index is 12.4. The zero-order valence-electron chi connectivity index (χ0n) is 14.0. The van der Waals surface area contributed by atoms with Crippen molar-refractivity contribution in [1.82, 2.24) is 24.0 Å². The fourth-order valence-electron chi connectivity index (χ4n) is 2.30. The van der Waals surface area contributed by atoms with Gasteiger partial charge in [-0.25, -0.2) is 9.52 Å². The van der Waals surface area contributed by atoms with Crippen LogP contribution in [0.15, 0.2) is 0 Å². The van der Waals surface area contributed by atoms with E-state index in [9.17, 15) is 13.2 Å². The van der Waals surface area contributed by atoms with Gasteiger partial charge in [-0.2, -0.15) is 27.7 Å². The van der Waals surface area contributed by atoms with Gasteiger partial charge < -0.3 is 4.74 Å². The van der Waals surface area contributed by atoms with Crippen LogP contribution in [0.1, 0.15) is 31.5 Å². The normalized spacial score (nSPS) is 16.3. The molecule has 1 aliphatic rings. The van der Waals surface area contributed by atoms with E-state index in [1.807, 2.05) is 0 Å². The third-order valence-corrected chi connectivity index (χ3v) is 5.10. The summed E-state index contributed by atoms with van der Waals surface area (Å²) in [6, 6.07) is -0.792. The van der Waals surface area contributed by atoms with E-state index in [1.165, 1.54) is 18.5 Å². The van der Waals surface area contributed by atoms with Crippen molar-refractivity contribution in [2.45, 2.75) is 32.6 Å². The second-order valence-electron chi connectivity index (χ2n) is 5.45. The molecule has 1 fully saturated rings. The summed E-state index contributed by atoms with van der Waals surface area (Å²) in [4.78, 5) is 25.2. The average molecular weight is 358 g/mol. The van der Waals surface area contributed by atoms with Crippen LogP contribution in [0.4, 0.5) is 10.7 Å². The van der Waals surface area contributed by atoms with Gasteiger partial charge in [0.15, 0.2) is 0 Å². The van der Waals surface area contributed by atoms with Gasteiger partial charge in [0.05, 0.1) is 7.11 Å². The van der Waals surface area contributed by atoms with Crippen LogP contribution in [-0.4, -0.2) is 61.0 Å². The van der Waals surface area contributed by atoms with Crippen LogP contribution in [0.3, 0.4) is 0 Å². The number of aromatic nitrogens is 3. The molecule has 1 aliphatic heterocycles. The highest BCUT2D eigenvalue weighted by Crippen LogP contribution is 2.14. The second-order valence-corrected chi connectivity index (χ2v) is 7.12. The van der Waals surface area contributed by atoms with Crippen molar-refractivity contribution >= 4 is 22.2 Å². The molecule has 2 amide bonds. The molecule has 2 rings (SSSR count). The number of rotatable bonds is 4. The van der Waals surface area contributed by atoms with Crippen LogP contribution in [0, 0.1) is 6.92 Å². The van der Waals surface area contributed by atoms with E-state index in [-0.39, 0.29) is 12.0 Å². The van der Waals surface area contributed by atoms with Crippen molar-refractivity contribution in [3.05, 3.63) is 5.82 Å². The number of nitrogens with zero attached hydrogens (tertiary/aromatic N) is 5. The minimum atomic E-state index is -3.90. The van der Waals surface area contributed by atoms with E-state index in [0.29, 0.717) is 18.9 Å². The standard InChI is InChI=1S/C13H22N6O4S/c1-10-14-11(16-12(15-10)23-3)18(2)13(20)17-24(21,22)19-8-6-4-5-7-9-19/h4-9H2,1-3H3,(H,17,20). The van der Waals surface area contributed by atoms with E-state index < -0.39 is 16.2 Å². The number of nitrogens with one attached hydrogen (secondary N) is 1. The average Bonchev–Trinajstić information content (AvgIpc) is 2.82. The lowest BCUT2D eigenvalue weighted by molar-refractivity contribution is 0.251. The Balaban J connectivity index is 2.11. The minimum absolute atomic E-state index is 0.00270. The number of methoxy groups -OCH3 is 1. The molecule has 0 radical (unpaired) electrons. The third kappa shape index (κ3) is 4.51. The number of aryl methyl sites for hydroxylation is 1.